The van der Waals surface area contributed by atoms with Crippen molar-refractivity contribution in [2.45, 2.75) is 44.6 Å². The molecule has 0 saturated heterocycles. The average molecular weight is 280 g/mol. The Morgan fingerprint density at radius 3 is 2.60 bits per heavy atom. The van der Waals surface area contributed by atoms with Crippen LogP contribution in [-0.4, -0.2) is 55.0 Å². The number of nitrogens with zero attached hydrogens (tertiary/aromatic N) is 2. The van der Waals surface area contributed by atoms with Gasteiger partial charge >= 0.3 is 5.97 Å². The third-order valence-corrected chi connectivity index (χ3v) is 3.79. The maximum absolute atomic E-state index is 12.5. The van der Waals surface area contributed by atoms with Crippen LogP contribution in [0.25, 0.3) is 0 Å². The van der Waals surface area contributed by atoms with Gasteiger partial charge in [0.25, 0.3) is 0 Å². The van der Waals surface area contributed by atoms with E-state index in [-0.39, 0.29) is 25.0 Å². The zero-order valence-corrected chi connectivity index (χ0v) is 12.4. The molecule has 1 saturated carbocycles. The van der Waals surface area contributed by atoms with Crippen molar-refractivity contribution in [1.29, 1.82) is 0 Å². The second kappa shape index (κ2) is 6.88. The highest BCUT2D eigenvalue weighted by molar-refractivity contribution is 5.81. The number of carbonyl (C=O) groups is 2. The molecule has 112 valence electrons. The largest absolute Gasteiger partial charge is 0.468 e. The number of allylic oxidation sites excluding steroid dienone is 2. The van der Waals surface area contributed by atoms with Gasteiger partial charge in [0.15, 0.2) is 0 Å². The van der Waals surface area contributed by atoms with E-state index in [2.05, 4.69) is 10.8 Å². The van der Waals surface area contributed by atoms with Gasteiger partial charge in [0, 0.05) is 11.7 Å². The number of methoxy groups -OCH3 is 1. The lowest BCUT2D eigenvalue weighted by Crippen LogP contribution is -2.41. The SMILES string of the molecule is COC(=O)CN(C)CC(=O)N(C1=CCCCC1)C1CC1. The first-order valence-corrected chi connectivity index (χ1v) is 7.38. The van der Waals surface area contributed by atoms with Crippen LogP contribution in [0, 0.1) is 0 Å². The number of hydrogen-bond donors (Lipinski definition) is 0. The Balaban J connectivity index is 1.93. The van der Waals surface area contributed by atoms with Crippen LogP contribution in [0.5, 0.6) is 0 Å². The van der Waals surface area contributed by atoms with Gasteiger partial charge < -0.3 is 9.64 Å². The molecule has 0 aromatic rings. The monoisotopic (exact) mass is 280 g/mol. The molecule has 0 unspecified atom stereocenters. The molecule has 0 aromatic carbocycles. The van der Waals surface area contributed by atoms with Gasteiger partial charge in [0.2, 0.25) is 5.91 Å². The number of esters is 1. The van der Waals surface area contributed by atoms with Gasteiger partial charge in [-0.05, 0) is 45.6 Å². The first-order valence-electron chi connectivity index (χ1n) is 7.38. The number of hydrogen-bond acceptors (Lipinski definition) is 4. The maximum atomic E-state index is 12.5. The predicted octanol–water partition coefficient (Wildman–Crippen LogP) is 1.54. The van der Waals surface area contributed by atoms with E-state index < -0.39 is 0 Å². The molecule has 0 spiro atoms. The third kappa shape index (κ3) is 4.07. The highest BCUT2D eigenvalue weighted by Gasteiger charge is 2.35. The highest BCUT2D eigenvalue weighted by Crippen LogP contribution is 2.33. The Morgan fingerprint density at radius 2 is 2.05 bits per heavy atom. The lowest BCUT2D eigenvalue weighted by molar-refractivity contribution is -0.142. The molecule has 0 atom stereocenters. The first-order chi connectivity index (χ1) is 9.61. The van der Waals surface area contributed by atoms with Crippen molar-refractivity contribution in [1.82, 2.24) is 9.80 Å². The molecule has 2 aliphatic carbocycles. The molecule has 2 rings (SSSR count). The summed E-state index contributed by atoms with van der Waals surface area (Å²) in [7, 11) is 3.14. The van der Waals surface area contributed by atoms with Gasteiger partial charge in [0.05, 0.1) is 20.2 Å². The van der Waals surface area contributed by atoms with Crippen molar-refractivity contribution >= 4 is 11.9 Å². The van der Waals surface area contributed by atoms with Gasteiger partial charge in [-0.15, -0.1) is 0 Å². The van der Waals surface area contributed by atoms with E-state index in [4.69, 9.17) is 0 Å². The second-order valence-corrected chi connectivity index (χ2v) is 5.68. The number of carbonyl (C=O) groups excluding carboxylic acids is 2. The number of likely N-dealkylation sites (N-methyl/N-ethyl adjacent to an activating group) is 1. The van der Waals surface area contributed by atoms with Gasteiger partial charge in [-0.3, -0.25) is 14.5 Å². The van der Waals surface area contributed by atoms with Gasteiger partial charge in [-0.25, -0.2) is 0 Å². The van der Waals surface area contributed by atoms with Crippen LogP contribution in [0.4, 0.5) is 0 Å². The minimum absolute atomic E-state index is 0.104. The smallest absolute Gasteiger partial charge is 0.319 e. The molecule has 0 N–H and O–H groups in total. The van der Waals surface area contributed by atoms with E-state index in [1.54, 1.807) is 11.9 Å². The van der Waals surface area contributed by atoms with Crippen LogP contribution in [0.2, 0.25) is 0 Å². The Morgan fingerprint density at radius 1 is 1.30 bits per heavy atom. The Hall–Kier alpha value is -1.36. The fourth-order valence-corrected chi connectivity index (χ4v) is 2.62. The summed E-state index contributed by atoms with van der Waals surface area (Å²) < 4.78 is 4.62. The number of ether oxygens (including phenoxy) is 1. The minimum atomic E-state index is -0.310. The van der Waals surface area contributed by atoms with Crippen molar-refractivity contribution in [3.05, 3.63) is 11.8 Å². The molecule has 0 aliphatic heterocycles. The third-order valence-electron chi connectivity index (χ3n) is 3.79. The Kier molecular flexibility index (Phi) is 5.17. The normalized spacial score (nSPS) is 18.6. The summed E-state index contributed by atoms with van der Waals surface area (Å²) in [6.07, 6.45) is 8.87. The fourth-order valence-electron chi connectivity index (χ4n) is 2.62. The molecule has 5 nitrogen and oxygen atoms in total. The predicted molar refractivity (Wildman–Crippen MR) is 75.9 cm³/mol. The summed E-state index contributed by atoms with van der Waals surface area (Å²) in [5.74, 6) is -0.206. The topological polar surface area (TPSA) is 49.9 Å². The quantitative estimate of drug-likeness (QED) is 0.693. The van der Waals surface area contributed by atoms with Crippen LogP contribution in [0.1, 0.15) is 38.5 Å². The maximum Gasteiger partial charge on any atom is 0.319 e. The molecule has 0 radical (unpaired) electrons. The molecule has 0 bridgehead atoms. The number of amides is 1. The van der Waals surface area contributed by atoms with E-state index in [9.17, 15) is 9.59 Å². The van der Waals surface area contributed by atoms with Crippen LogP contribution in [0.15, 0.2) is 11.8 Å². The van der Waals surface area contributed by atoms with E-state index >= 15 is 0 Å². The van der Waals surface area contributed by atoms with E-state index in [0.717, 1.165) is 25.7 Å². The van der Waals surface area contributed by atoms with Crippen LogP contribution >= 0.6 is 0 Å². The zero-order chi connectivity index (χ0) is 14.5. The zero-order valence-electron chi connectivity index (χ0n) is 12.4. The van der Waals surface area contributed by atoms with Gasteiger partial charge in [0.1, 0.15) is 0 Å². The average Bonchev–Trinajstić information content (AvgIpc) is 3.24. The summed E-state index contributed by atoms with van der Waals surface area (Å²) in [4.78, 5) is 27.4. The van der Waals surface area contributed by atoms with Crippen molar-refractivity contribution in [2.75, 3.05) is 27.2 Å². The summed E-state index contributed by atoms with van der Waals surface area (Å²) in [5, 5.41) is 0. The van der Waals surface area contributed by atoms with Crippen molar-refractivity contribution in [3.63, 3.8) is 0 Å². The van der Waals surface area contributed by atoms with Crippen molar-refractivity contribution < 1.29 is 14.3 Å². The molecule has 20 heavy (non-hydrogen) atoms. The Bertz CT molecular complexity index is 402. The summed E-state index contributed by atoms with van der Waals surface area (Å²) in [6, 6.07) is 0.387. The van der Waals surface area contributed by atoms with Crippen molar-refractivity contribution in [3.8, 4) is 0 Å². The molecular weight excluding hydrogens is 256 g/mol. The van der Waals surface area contributed by atoms with Crippen LogP contribution in [-0.2, 0) is 14.3 Å². The molecule has 0 heterocycles. The van der Waals surface area contributed by atoms with Crippen LogP contribution in [0.3, 0.4) is 0 Å². The second-order valence-electron chi connectivity index (χ2n) is 5.68. The first kappa shape index (κ1) is 15.0. The summed E-state index contributed by atoms with van der Waals surface area (Å²) in [6.45, 7) is 0.419. The molecule has 1 amide bonds. The van der Waals surface area contributed by atoms with Gasteiger partial charge in [-0.2, -0.15) is 0 Å². The van der Waals surface area contributed by atoms with E-state index in [1.165, 1.54) is 25.6 Å². The highest BCUT2D eigenvalue weighted by atomic mass is 16.5. The standard InChI is InChI=1S/C15H24N2O3/c1-16(11-15(19)20-2)10-14(18)17(13-8-9-13)12-6-4-3-5-7-12/h6,13H,3-5,7-11H2,1-2H3. The minimum Gasteiger partial charge on any atom is -0.468 e. The van der Waals surface area contributed by atoms with E-state index in [0.29, 0.717) is 6.04 Å². The summed E-state index contributed by atoms with van der Waals surface area (Å²) in [5.41, 5.74) is 1.19. The Labute approximate surface area is 120 Å². The van der Waals surface area contributed by atoms with Gasteiger partial charge in [-0.1, -0.05) is 6.08 Å². The number of rotatable bonds is 6. The molecule has 0 aromatic heterocycles. The lowest BCUT2D eigenvalue weighted by Gasteiger charge is -2.29. The molecule has 5 heteroatoms. The lowest BCUT2D eigenvalue weighted by atomic mass is 10.0. The molecular formula is C15H24N2O3. The van der Waals surface area contributed by atoms with Crippen LogP contribution < -0.4 is 0 Å². The summed E-state index contributed by atoms with van der Waals surface area (Å²) >= 11 is 0. The molecule has 2 aliphatic rings. The van der Waals surface area contributed by atoms with Crippen molar-refractivity contribution in [2.24, 2.45) is 0 Å². The molecule has 1 fully saturated rings. The fraction of sp³-hybridized carbons (Fsp3) is 0.733. The van der Waals surface area contributed by atoms with E-state index in [1.807, 2.05) is 4.90 Å².